The van der Waals surface area contributed by atoms with Crippen molar-refractivity contribution < 1.29 is 9.72 Å². The van der Waals surface area contributed by atoms with E-state index in [1.807, 2.05) is 26.0 Å². The molecule has 0 saturated heterocycles. The second-order valence-electron chi connectivity index (χ2n) is 6.76. The molecule has 1 N–H and O–H groups in total. The molecule has 1 aromatic carbocycles. The third-order valence-corrected chi connectivity index (χ3v) is 4.08. The van der Waals surface area contributed by atoms with E-state index >= 15 is 0 Å². The molecule has 134 valence electrons. The first kappa shape index (κ1) is 18.6. The van der Waals surface area contributed by atoms with E-state index in [2.05, 4.69) is 36.4 Å². The average molecular weight is 344 g/mol. The Morgan fingerprint density at radius 3 is 2.28 bits per heavy atom. The van der Waals surface area contributed by atoms with Gasteiger partial charge in [-0.3, -0.25) is 19.6 Å². The van der Waals surface area contributed by atoms with Crippen molar-refractivity contribution in [2.24, 2.45) is 5.92 Å². The Balaban J connectivity index is 2.07. The molecule has 2 rings (SSSR count). The third kappa shape index (κ3) is 4.89. The van der Waals surface area contributed by atoms with Crippen molar-refractivity contribution in [2.75, 3.05) is 0 Å². The molecule has 0 unspecified atom stereocenters. The lowest BCUT2D eigenvalue weighted by Gasteiger charge is -2.23. The summed E-state index contributed by atoms with van der Waals surface area (Å²) in [6, 6.07) is 8.12. The predicted octanol–water partition coefficient (Wildman–Crippen LogP) is 3.43. The minimum absolute atomic E-state index is 0.0544. The van der Waals surface area contributed by atoms with Crippen LogP contribution in [0.5, 0.6) is 0 Å². The molecule has 0 aliphatic rings. The van der Waals surface area contributed by atoms with Gasteiger partial charge in [-0.1, -0.05) is 52.0 Å². The van der Waals surface area contributed by atoms with Crippen LogP contribution in [0.15, 0.2) is 36.7 Å². The standard InChI is InChI=1S/C18H24N4O3/c1-12(2)14-5-7-15(8-6-14)18(13(3)4)20-17(23)11-21-10-16(9-19-21)22(24)25/h5-10,12-13,18H,11H2,1-4H3,(H,20,23)/t18-/m0/s1. The number of nitro groups is 1. The fourth-order valence-electron chi connectivity index (χ4n) is 2.62. The van der Waals surface area contributed by atoms with E-state index in [4.69, 9.17) is 0 Å². The van der Waals surface area contributed by atoms with E-state index in [0.717, 1.165) is 11.8 Å². The molecule has 0 aliphatic carbocycles. The van der Waals surface area contributed by atoms with E-state index in [9.17, 15) is 14.9 Å². The van der Waals surface area contributed by atoms with Gasteiger partial charge in [-0.15, -0.1) is 0 Å². The van der Waals surface area contributed by atoms with Gasteiger partial charge < -0.3 is 5.32 Å². The van der Waals surface area contributed by atoms with Crippen molar-refractivity contribution in [1.29, 1.82) is 0 Å². The van der Waals surface area contributed by atoms with Gasteiger partial charge in [0.05, 0.1) is 11.0 Å². The van der Waals surface area contributed by atoms with E-state index in [0.29, 0.717) is 5.92 Å². The number of carbonyl (C=O) groups is 1. The highest BCUT2D eigenvalue weighted by Gasteiger charge is 2.19. The number of amides is 1. The molecular formula is C18H24N4O3. The number of hydrogen-bond donors (Lipinski definition) is 1. The lowest BCUT2D eigenvalue weighted by molar-refractivity contribution is -0.385. The zero-order valence-electron chi connectivity index (χ0n) is 15.0. The molecule has 0 aliphatic heterocycles. The highest BCUT2D eigenvalue weighted by atomic mass is 16.6. The van der Waals surface area contributed by atoms with Crippen LogP contribution in [0.2, 0.25) is 0 Å². The second kappa shape index (κ2) is 7.92. The summed E-state index contributed by atoms with van der Waals surface area (Å²) in [7, 11) is 0. The maximum Gasteiger partial charge on any atom is 0.307 e. The lowest BCUT2D eigenvalue weighted by Crippen LogP contribution is -2.34. The van der Waals surface area contributed by atoms with Gasteiger partial charge in [0.15, 0.2) is 0 Å². The first-order valence-corrected chi connectivity index (χ1v) is 8.34. The third-order valence-electron chi connectivity index (χ3n) is 4.08. The minimum atomic E-state index is -0.533. The van der Waals surface area contributed by atoms with Gasteiger partial charge in [-0.25, -0.2) is 0 Å². The monoisotopic (exact) mass is 344 g/mol. The maximum atomic E-state index is 12.3. The summed E-state index contributed by atoms with van der Waals surface area (Å²) < 4.78 is 1.27. The fourth-order valence-corrected chi connectivity index (χ4v) is 2.62. The van der Waals surface area contributed by atoms with Gasteiger partial charge in [0.25, 0.3) is 0 Å². The van der Waals surface area contributed by atoms with Crippen LogP contribution in [0.3, 0.4) is 0 Å². The van der Waals surface area contributed by atoms with Crippen molar-refractivity contribution in [3.05, 3.63) is 57.9 Å². The van der Waals surface area contributed by atoms with Gasteiger partial charge in [0.2, 0.25) is 5.91 Å². The van der Waals surface area contributed by atoms with Gasteiger partial charge in [0.1, 0.15) is 18.9 Å². The lowest BCUT2D eigenvalue weighted by atomic mass is 9.93. The molecule has 7 nitrogen and oxygen atoms in total. The largest absolute Gasteiger partial charge is 0.347 e. The summed E-state index contributed by atoms with van der Waals surface area (Å²) >= 11 is 0. The van der Waals surface area contributed by atoms with Gasteiger partial charge >= 0.3 is 5.69 Å². The van der Waals surface area contributed by atoms with Crippen molar-refractivity contribution >= 4 is 11.6 Å². The first-order chi connectivity index (χ1) is 11.8. The Morgan fingerprint density at radius 2 is 1.80 bits per heavy atom. The summed E-state index contributed by atoms with van der Waals surface area (Å²) in [5, 5.41) is 17.5. The summed E-state index contributed by atoms with van der Waals surface area (Å²) in [5.74, 6) is 0.433. The number of aromatic nitrogens is 2. The molecule has 0 spiro atoms. The van der Waals surface area contributed by atoms with Gasteiger partial charge in [0, 0.05) is 0 Å². The smallest absolute Gasteiger partial charge is 0.307 e. The Bertz CT molecular complexity index is 735. The number of nitrogens with zero attached hydrogens (tertiary/aromatic N) is 3. The van der Waals surface area contributed by atoms with E-state index in [1.54, 1.807) is 0 Å². The highest BCUT2D eigenvalue weighted by molar-refractivity contribution is 5.76. The van der Waals surface area contributed by atoms with Crippen molar-refractivity contribution in [3.63, 3.8) is 0 Å². The number of rotatable bonds is 7. The summed E-state index contributed by atoms with van der Waals surface area (Å²) in [4.78, 5) is 22.5. The Kier molecular flexibility index (Phi) is 5.90. The Morgan fingerprint density at radius 1 is 1.20 bits per heavy atom. The molecule has 0 bridgehead atoms. The van der Waals surface area contributed by atoms with Crippen molar-refractivity contribution in [3.8, 4) is 0 Å². The molecular weight excluding hydrogens is 320 g/mol. The molecule has 1 amide bonds. The minimum Gasteiger partial charge on any atom is -0.347 e. The molecule has 1 heterocycles. The first-order valence-electron chi connectivity index (χ1n) is 8.34. The normalized spacial score (nSPS) is 12.4. The summed E-state index contributed by atoms with van der Waals surface area (Å²) in [6.07, 6.45) is 2.39. The van der Waals surface area contributed by atoms with E-state index in [1.165, 1.54) is 16.4 Å². The number of benzene rings is 1. The van der Waals surface area contributed by atoms with Crippen LogP contribution < -0.4 is 5.32 Å². The maximum absolute atomic E-state index is 12.3. The molecule has 25 heavy (non-hydrogen) atoms. The molecule has 1 aromatic heterocycles. The van der Waals surface area contributed by atoms with E-state index < -0.39 is 4.92 Å². The number of carbonyl (C=O) groups excluding carboxylic acids is 1. The van der Waals surface area contributed by atoms with Gasteiger partial charge in [-0.2, -0.15) is 5.10 Å². The van der Waals surface area contributed by atoms with Crippen LogP contribution in [-0.2, 0) is 11.3 Å². The number of nitrogens with one attached hydrogen (secondary N) is 1. The van der Waals surface area contributed by atoms with Crippen molar-refractivity contribution in [2.45, 2.75) is 46.2 Å². The van der Waals surface area contributed by atoms with Crippen LogP contribution in [0.4, 0.5) is 5.69 Å². The summed E-state index contributed by atoms with van der Waals surface area (Å²) in [6.45, 7) is 8.31. The highest BCUT2D eigenvalue weighted by Crippen LogP contribution is 2.24. The van der Waals surface area contributed by atoms with Crippen LogP contribution in [0.1, 0.15) is 50.8 Å². The quantitative estimate of drug-likeness (QED) is 0.615. The molecule has 2 aromatic rings. The predicted molar refractivity (Wildman–Crippen MR) is 95.1 cm³/mol. The second-order valence-corrected chi connectivity index (χ2v) is 6.76. The summed E-state index contributed by atoms with van der Waals surface area (Å²) in [5.41, 5.74) is 2.16. The SMILES string of the molecule is CC(C)c1ccc([C@@H](NC(=O)Cn2cc([N+](=O)[O-])cn2)C(C)C)cc1. The molecule has 0 radical (unpaired) electrons. The van der Waals surface area contributed by atoms with Crippen LogP contribution in [0.25, 0.3) is 0 Å². The Labute approximate surface area is 147 Å². The zero-order chi connectivity index (χ0) is 18.6. The topological polar surface area (TPSA) is 90.1 Å². The molecule has 0 saturated carbocycles. The number of hydrogen-bond acceptors (Lipinski definition) is 4. The van der Waals surface area contributed by atoms with Crippen molar-refractivity contribution in [1.82, 2.24) is 15.1 Å². The van der Waals surface area contributed by atoms with Crippen LogP contribution in [0, 0.1) is 16.0 Å². The Hall–Kier alpha value is -2.70. The van der Waals surface area contributed by atoms with Gasteiger partial charge in [-0.05, 0) is 23.0 Å². The molecule has 0 fully saturated rings. The zero-order valence-corrected chi connectivity index (χ0v) is 15.0. The van der Waals surface area contributed by atoms with E-state index in [-0.39, 0.29) is 30.1 Å². The van der Waals surface area contributed by atoms with Crippen LogP contribution in [-0.4, -0.2) is 20.6 Å². The molecule has 7 heteroatoms. The average Bonchev–Trinajstić information content (AvgIpc) is 3.01. The van der Waals surface area contributed by atoms with Crippen LogP contribution >= 0.6 is 0 Å². The molecule has 1 atom stereocenters. The fraction of sp³-hybridized carbons (Fsp3) is 0.444.